The number of hydrogen-bond acceptors (Lipinski definition) is 4. The molecule has 0 unspecified atom stereocenters. The van der Waals surface area contributed by atoms with Gasteiger partial charge in [-0.1, -0.05) is 6.07 Å². The number of benzene rings is 1. The van der Waals surface area contributed by atoms with Gasteiger partial charge in [0.1, 0.15) is 0 Å². The summed E-state index contributed by atoms with van der Waals surface area (Å²) in [6, 6.07) is 6.04. The van der Waals surface area contributed by atoms with Crippen LogP contribution < -0.4 is 5.14 Å². The van der Waals surface area contributed by atoms with Gasteiger partial charge < -0.3 is 4.57 Å². The maximum Gasteiger partial charge on any atom is 0.416 e. The molecule has 0 bridgehead atoms. The van der Waals surface area contributed by atoms with E-state index in [9.17, 15) is 21.6 Å². The molecule has 3 aromatic rings. The Hall–Kier alpha value is -2.72. The van der Waals surface area contributed by atoms with E-state index in [1.54, 1.807) is 17.8 Å². The van der Waals surface area contributed by atoms with Crippen molar-refractivity contribution >= 4 is 10.0 Å². The van der Waals surface area contributed by atoms with Crippen molar-refractivity contribution in [2.24, 2.45) is 12.2 Å². The molecule has 0 radical (unpaired) electrons. The molecule has 2 aromatic heterocycles. The van der Waals surface area contributed by atoms with Gasteiger partial charge in [-0.3, -0.25) is 4.98 Å². The molecule has 0 saturated carbocycles. The molecule has 10 heteroatoms. The average Bonchev–Trinajstić information content (AvgIpc) is 3.00. The fraction of sp³-hybridized carbons (Fsp3) is 0.176. The molecule has 0 atom stereocenters. The van der Waals surface area contributed by atoms with Crippen molar-refractivity contribution in [2.45, 2.75) is 17.5 Å². The van der Waals surface area contributed by atoms with E-state index < -0.39 is 21.8 Å². The number of aryl methyl sites for hydroxylation is 1. The second-order valence-corrected chi connectivity index (χ2v) is 7.56. The lowest BCUT2D eigenvalue weighted by Gasteiger charge is -2.11. The van der Waals surface area contributed by atoms with Crippen molar-refractivity contribution in [1.82, 2.24) is 14.5 Å². The molecule has 0 spiro atoms. The van der Waals surface area contributed by atoms with Crippen LogP contribution in [0.25, 0.3) is 11.3 Å². The standard InChI is InChI=1S/C17H15F3N4O2S/c1-24-9-16(23-10-24)15-8-14(27(21,25)26)3-2-11(15)6-13-7-12(4-5-22-13)17(18,19)20/h2-5,7-10H,6H2,1H3,(H2,21,25,26). The molecule has 3 rings (SSSR count). The summed E-state index contributed by atoms with van der Waals surface area (Å²) in [5.74, 6) is 0. The number of imidazole rings is 1. The third-order valence-corrected chi connectivity index (χ3v) is 4.82. The first kappa shape index (κ1) is 19.1. The molecule has 0 aliphatic heterocycles. The normalized spacial score (nSPS) is 12.3. The first-order valence-electron chi connectivity index (χ1n) is 7.70. The third-order valence-electron chi connectivity index (χ3n) is 3.91. The number of sulfonamides is 1. The minimum Gasteiger partial charge on any atom is -0.340 e. The van der Waals surface area contributed by atoms with Gasteiger partial charge in [0.2, 0.25) is 10.0 Å². The maximum atomic E-state index is 12.9. The number of pyridine rings is 1. The van der Waals surface area contributed by atoms with E-state index in [1.807, 2.05) is 0 Å². The van der Waals surface area contributed by atoms with E-state index in [1.165, 1.54) is 24.5 Å². The molecule has 0 saturated heterocycles. The molecule has 0 aliphatic rings. The zero-order valence-corrected chi connectivity index (χ0v) is 14.9. The van der Waals surface area contributed by atoms with Gasteiger partial charge in [0.05, 0.1) is 22.5 Å². The number of nitrogens with zero attached hydrogens (tertiary/aromatic N) is 3. The van der Waals surface area contributed by atoms with E-state index in [0.29, 0.717) is 16.8 Å². The molecule has 1 aromatic carbocycles. The summed E-state index contributed by atoms with van der Waals surface area (Å²) in [5, 5.41) is 5.19. The molecule has 0 amide bonds. The monoisotopic (exact) mass is 396 g/mol. The highest BCUT2D eigenvalue weighted by Gasteiger charge is 2.30. The Labute approximate surface area is 153 Å². The largest absolute Gasteiger partial charge is 0.416 e. The van der Waals surface area contributed by atoms with Gasteiger partial charge in [0, 0.05) is 37.1 Å². The summed E-state index contributed by atoms with van der Waals surface area (Å²) in [6.07, 6.45) is -0.104. The summed E-state index contributed by atoms with van der Waals surface area (Å²) in [7, 11) is -2.20. The number of alkyl halides is 3. The Balaban J connectivity index is 2.08. The highest BCUT2D eigenvalue weighted by molar-refractivity contribution is 7.89. The van der Waals surface area contributed by atoms with Crippen LogP contribution in [0.3, 0.4) is 0 Å². The molecule has 2 heterocycles. The SMILES string of the molecule is Cn1cnc(-c2cc(S(N)(=O)=O)ccc2Cc2cc(C(F)(F)F)ccn2)c1. The van der Waals surface area contributed by atoms with E-state index >= 15 is 0 Å². The fourth-order valence-corrected chi connectivity index (χ4v) is 3.16. The van der Waals surface area contributed by atoms with Gasteiger partial charge in [-0.05, 0) is 29.8 Å². The van der Waals surface area contributed by atoms with Crippen LogP contribution in [0.2, 0.25) is 0 Å². The van der Waals surface area contributed by atoms with Gasteiger partial charge in [0.15, 0.2) is 0 Å². The Bertz CT molecular complexity index is 1090. The van der Waals surface area contributed by atoms with Crippen LogP contribution in [0.4, 0.5) is 13.2 Å². The number of aromatic nitrogens is 3. The zero-order valence-electron chi connectivity index (χ0n) is 14.1. The fourth-order valence-electron chi connectivity index (χ4n) is 2.62. The lowest BCUT2D eigenvalue weighted by Crippen LogP contribution is -2.12. The van der Waals surface area contributed by atoms with E-state index in [4.69, 9.17) is 5.14 Å². The predicted molar refractivity (Wildman–Crippen MR) is 92.1 cm³/mol. The smallest absolute Gasteiger partial charge is 0.340 e. The summed E-state index contributed by atoms with van der Waals surface area (Å²) >= 11 is 0. The number of halogens is 3. The molecule has 0 fully saturated rings. The zero-order chi connectivity index (χ0) is 19.8. The van der Waals surface area contributed by atoms with Crippen molar-refractivity contribution in [3.05, 3.63) is 65.9 Å². The average molecular weight is 396 g/mol. The minimum atomic E-state index is -4.47. The van der Waals surface area contributed by atoms with Crippen LogP contribution in [0.1, 0.15) is 16.8 Å². The van der Waals surface area contributed by atoms with E-state index in [2.05, 4.69) is 9.97 Å². The van der Waals surface area contributed by atoms with Gasteiger partial charge >= 0.3 is 6.18 Å². The molecular weight excluding hydrogens is 381 g/mol. The second-order valence-electron chi connectivity index (χ2n) is 6.00. The minimum absolute atomic E-state index is 0.0702. The molecular formula is C17H15F3N4O2S. The van der Waals surface area contributed by atoms with Crippen LogP contribution in [-0.4, -0.2) is 23.0 Å². The van der Waals surface area contributed by atoms with Gasteiger partial charge in [-0.2, -0.15) is 13.2 Å². The Morgan fingerprint density at radius 3 is 2.48 bits per heavy atom. The summed E-state index contributed by atoms with van der Waals surface area (Å²) in [4.78, 5) is 8.08. The maximum absolute atomic E-state index is 12.9. The summed E-state index contributed by atoms with van der Waals surface area (Å²) in [6.45, 7) is 0. The van der Waals surface area contributed by atoms with Crippen LogP contribution in [-0.2, 0) is 29.7 Å². The van der Waals surface area contributed by atoms with Crippen molar-refractivity contribution in [2.75, 3.05) is 0 Å². The van der Waals surface area contributed by atoms with Gasteiger partial charge in [-0.25, -0.2) is 18.5 Å². The van der Waals surface area contributed by atoms with Crippen molar-refractivity contribution in [1.29, 1.82) is 0 Å². The second kappa shape index (κ2) is 6.78. The van der Waals surface area contributed by atoms with Crippen molar-refractivity contribution in [3.63, 3.8) is 0 Å². The predicted octanol–water partition coefficient (Wildman–Crippen LogP) is 2.74. The molecule has 0 aliphatic carbocycles. The number of nitrogens with two attached hydrogens (primary N) is 1. The number of primary sulfonamides is 1. The highest BCUT2D eigenvalue weighted by Crippen LogP contribution is 2.31. The van der Waals surface area contributed by atoms with E-state index in [0.717, 1.165) is 18.3 Å². The number of rotatable bonds is 4. The van der Waals surface area contributed by atoms with E-state index in [-0.39, 0.29) is 17.0 Å². The lowest BCUT2D eigenvalue weighted by atomic mass is 10.00. The topological polar surface area (TPSA) is 90.9 Å². The lowest BCUT2D eigenvalue weighted by molar-refractivity contribution is -0.137. The highest BCUT2D eigenvalue weighted by atomic mass is 32.2. The third kappa shape index (κ3) is 4.34. The Morgan fingerprint density at radius 1 is 1.15 bits per heavy atom. The van der Waals surface area contributed by atoms with Gasteiger partial charge in [-0.15, -0.1) is 0 Å². The van der Waals surface area contributed by atoms with Crippen LogP contribution >= 0.6 is 0 Å². The molecule has 142 valence electrons. The molecule has 27 heavy (non-hydrogen) atoms. The van der Waals surface area contributed by atoms with Gasteiger partial charge in [0.25, 0.3) is 0 Å². The first-order chi connectivity index (χ1) is 12.5. The Kier molecular flexibility index (Phi) is 4.79. The van der Waals surface area contributed by atoms with Crippen LogP contribution in [0, 0.1) is 0 Å². The quantitative estimate of drug-likeness (QED) is 0.734. The van der Waals surface area contributed by atoms with Crippen molar-refractivity contribution < 1.29 is 21.6 Å². The summed E-state index contributed by atoms with van der Waals surface area (Å²) < 4.78 is 63.7. The summed E-state index contributed by atoms with van der Waals surface area (Å²) in [5.41, 5.74) is 0.914. The first-order valence-corrected chi connectivity index (χ1v) is 9.25. The van der Waals surface area contributed by atoms with Crippen LogP contribution in [0.15, 0.2) is 53.9 Å². The number of hydrogen-bond donors (Lipinski definition) is 1. The van der Waals surface area contributed by atoms with Crippen LogP contribution in [0.5, 0.6) is 0 Å². The van der Waals surface area contributed by atoms with Crippen molar-refractivity contribution in [3.8, 4) is 11.3 Å². The molecule has 2 N–H and O–H groups in total. The molecule has 6 nitrogen and oxygen atoms in total. The Morgan fingerprint density at radius 2 is 1.89 bits per heavy atom.